The van der Waals surface area contributed by atoms with E-state index in [-0.39, 0.29) is 11.3 Å². The topological polar surface area (TPSA) is 38.8 Å². The van der Waals surface area contributed by atoms with Gasteiger partial charge >= 0.3 is 0 Å². The van der Waals surface area contributed by atoms with Crippen LogP contribution in [0.1, 0.15) is 10.9 Å². The lowest BCUT2D eigenvalue weighted by molar-refractivity contribution is -0.115. The zero-order valence-electron chi connectivity index (χ0n) is 12.8. The van der Waals surface area contributed by atoms with Gasteiger partial charge in [-0.3, -0.25) is 9.69 Å². The Morgan fingerprint density at radius 3 is 2.70 bits per heavy atom. The van der Waals surface area contributed by atoms with E-state index >= 15 is 0 Å². The predicted molar refractivity (Wildman–Crippen MR) is 96.4 cm³/mol. The van der Waals surface area contributed by atoms with E-state index in [1.807, 2.05) is 36.4 Å². The molecule has 1 aliphatic heterocycles. The van der Waals surface area contributed by atoms with Crippen molar-refractivity contribution in [2.24, 2.45) is 0 Å². The average molecular weight is 394 g/mol. The molecule has 2 aromatic carbocycles. The summed E-state index contributed by atoms with van der Waals surface area (Å²) in [4.78, 5) is 14.3. The first kappa shape index (κ1) is 16.2. The van der Waals surface area contributed by atoms with Crippen LogP contribution in [0.2, 0.25) is 0 Å². The van der Waals surface area contributed by atoms with Crippen LogP contribution in [0.25, 0.3) is 0 Å². The van der Waals surface area contributed by atoms with Gasteiger partial charge < -0.3 is 9.47 Å². The number of amides is 1. The molecule has 1 heterocycles. The van der Waals surface area contributed by atoms with Gasteiger partial charge in [-0.1, -0.05) is 28.1 Å². The van der Waals surface area contributed by atoms with Gasteiger partial charge in [0.15, 0.2) is 0 Å². The van der Waals surface area contributed by atoms with Gasteiger partial charge in [0.05, 0.1) is 25.7 Å². The molecule has 1 fully saturated rings. The fourth-order valence-electron chi connectivity index (χ4n) is 2.58. The molecule has 120 valence electrons. The highest BCUT2D eigenvalue weighted by Gasteiger charge is 2.35. The summed E-state index contributed by atoms with van der Waals surface area (Å²) in [6, 6.07) is 13.5. The second-order valence-corrected chi connectivity index (χ2v) is 7.00. The minimum Gasteiger partial charge on any atom is -0.497 e. The van der Waals surface area contributed by atoms with Crippen molar-refractivity contribution >= 4 is 39.3 Å². The Balaban J connectivity index is 2.04. The summed E-state index contributed by atoms with van der Waals surface area (Å²) in [6.45, 7) is 0. The van der Waals surface area contributed by atoms with Crippen LogP contribution in [0.4, 0.5) is 5.69 Å². The molecule has 3 rings (SSSR count). The zero-order valence-corrected chi connectivity index (χ0v) is 15.2. The largest absolute Gasteiger partial charge is 0.497 e. The summed E-state index contributed by atoms with van der Waals surface area (Å²) < 4.78 is 11.7. The number of carbonyl (C=O) groups is 1. The summed E-state index contributed by atoms with van der Waals surface area (Å²) >= 11 is 5.11. The number of hydrogen-bond donors (Lipinski definition) is 0. The molecular formula is C17H16BrNO3S. The van der Waals surface area contributed by atoms with Crippen LogP contribution in [0.5, 0.6) is 11.5 Å². The van der Waals surface area contributed by atoms with Gasteiger partial charge in [0.25, 0.3) is 0 Å². The number of benzene rings is 2. The van der Waals surface area contributed by atoms with Crippen molar-refractivity contribution in [1.29, 1.82) is 0 Å². The summed E-state index contributed by atoms with van der Waals surface area (Å²) in [5, 5.41) is -0.0673. The highest BCUT2D eigenvalue weighted by Crippen LogP contribution is 2.45. The first-order valence-electron chi connectivity index (χ1n) is 7.05. The summed E-state index contributed by atoms with van der Waals surface area (Å²) in [6.07, 6.45) is 0. The van der Waals surface area contributed by atoms with E-state index in [2.05, 4.69) is 15.9 Å². The third-order valence-corrected chi connectivity index (χ3v) is 5.35. The molecule has 0 unspecified atom stereocenters. The van der Waals surface area contributed by atoms with Crippen LogP contribution in [-0.2, 0) is 4.79 Å². The van der Waals surface area contributed by atoms with E-state index in [4.69, 9.17) is 9.47 Å². The number of nitrogens with zero attached hydrogens (tertiary/aromatic N) is 1. The Bertz CT molecular complexity index is 738. The fourth-order valence-corrected chi connectivity index (χ4v) is 4.15. The maximum Gasteiger partial charge on any atom is 0.238 e. The van der Waals surface area contributed by atoms with Gasteiger partial charge in [-0.25, -0.2) is 0 Å². The van der Waals surface area contributed by atoms with Crippen LogP contribution in [0.3, 0.4) is 0 Å². The fraction of sp³-hybridized carbons (Fsp3) is 0.235. The Kier molecular flexibility index (Phi) is 4.82. The molecule has 1 atom stereocenters. The Morgan fingerprint density at radius 1 is 1.17 bits per heavy atom. The normalized spacial score (nSPS) is 17.4. The van der Waals surface area contributed by atoms with Gasteiger partial charge in [-0.2, -0.15) is 0 Å². The molecule has 6 heteroatoms. The molecule has 0 bridgehead atoms. The Hall–Kier alpha value is -1.66. The van der Waals surface area contributed by atoms with Crippen LogP contribution in [-0.4, -0.2) is 25.9 Å². The van der Waals surface area contributed by atoms with Crippen molar-refractivity contribution < 1.29 is 14.3 Å². The van der Waals surface area contributed by atoms with Crippen LogP contribution < -0.4 is 14.4 Å². The number of thioether (sulfide) groups is 1. The molecule has 2 aromatic rings. The van der Waals surface area contributed by atoms with Crippen LogP contribution in [0.15, 0.2) is 46.9 Å². The quantitative estimate of drug-likeness (QED) is 0.778. The average Bonchev–Trinajstić information content (AvgIpc) is 2.95. The third kappa shape index (κ3) is 3.19. The molecule has 23 heavy (non-hydrogen) atoms. The Morgan fingerprint density at radius 2 is 2.00 bits per heavy atom. The van der Waals surface area contributed by atoms with Crippen molar-refractivity contribution in [3.05, 3.63) is 52.5 Å². The highest BCUT2D eigenvalue weighted by molar-refractivity contribution is 9.10. The van der Waals surface area contributed by atoms with E-state index in [1.54, 1.807) is 36.9 Å². The van der Waals surface area contributed by atoms with E-state index < -0.39 is 0 Å². The van der Waals surface area contributed by atoms with Crippen molar-refractivity contribution in [1.82, 2.24) is 0 Å². The molecule has 0 N–H and O–H groups in total. The number of hydrogen-bond acceptors (Lipinski definition) is 4. The van der Waals surface area contributed by atoms with Crippen LogP contribution in [0, 0.1) is 0 Å². The van der Waals surface area contributed by atoms with E-state index in [9.17, 15) is 4.79 Å². The highest BCUT2D eigenvalue weighted by atomic mass is 79.9. The van der Waals surface area contributed by atoms with Gasteiger partial charge in [-0.05, 0) is 29.8 Å². The minimum absolute atomic E-state index is 0.0673. The second-order valence-electron chi connectivity index (χ2n) is 5.02. The van der Waals surface area contributed by atoms with E-state index in [0.717, 1.165) is 15.7 Å². The molecule has 4 nitrogen and oxygen atoms in total. The molecule has 0 radical (unpaired) electrons. The predicted octanol–water partition coefficient (Wildman–Crippen LogP) is 4.24. The van der Waals surface area contributed by atoms with Crippen molar-refractivity contribution in [2.75, 3.05) is 24.9 Å². The zero-order chi connectivity index (χ0) is 16.4. The van der Waals surface area contributed by atoms with E-state index in [1.165, 1.54) is 0 Å². The molecule has 0 aliphatic carbocycles. The smallest absolute Gasteiger partial charge is 0.238 e. The summed E-state index contributed by atoms with van der Waals surface area (Å²) in [5.74, 6) is 1.85. The lowest BCUT2D eigenvalue weighted by Crippen LogP contribution is -2.28. The lowest BCUT2D eigenvalue weighted by Gasteiger charge is -2.26. The molecule has 0 spiro atoms. The molecule has 1 aliphatic rings. The number of methoxy groups -OCH3 is 2. The van der Waals surface area contributed by atoms with Crippen molar-refractivity contribution in [3.8, 4) is 11.5 Å². The number of rotatable bonds is 4. The maximum absolute atomic E-state index is 12.5. The van der Waals surface area contributed by atoms with Gasteiger partial charge in [-0.15, -0.1) is 11.8 Å². The molecule has 0 aromatic heterocycles. The first-order chi connectivity index (χ1) is 11.1. The monoisotopic (exact) mass is 393 g/mol. The number of carbonyl (C=O) groups excluding carboxylic acids is 1. The van der Waals surface area contributed by atoms with Gasteiger partial charge in [0.2, 0.25) is 5.91 Å². The SMILES string of the molecule is COc1ccc(N2C(=O)CS[C@@H]2c2cccc(Br)c2)c(OC)c1. The van der Waals surface area contributed by atoms with Gasteiger partial charge in [0, 0.05) is 10.5 Å². The van der Waals surface area contributed by atoms with E-state index in [0.29, 0.717) is 17.3 Å². The molecule has 1 amide bonds. The van der Waals surface area contributed by atoms with Crippen molar-refractivity contribution in [2.45, 2.75) is 5.37 Å². The van der Waals surface area contributed by atoms with Crippen molar-refractivity contribution in [3.63, 3.8) is 0 Å². The second kappa shape index (κ2) is 6.84. The van der Waals surface area contributed by atoms with Crippen LogP contribution >= 0.6 is 27.7 Å². The standard InChI is InChI=1S/C17H16BrNO3S/c1-21-13-6-7-14(15(9-13)22-2)19-16(20)10-23-17(19)11-4-3-5-12(18)8-11/h3-9,17H,10H2,1-2H3/t17-/m1/s1. The Labute approximate surface area is 147 Å². The lowest BCUT2D eigenvalue weighted by atomic mass is 10.1. The molecular weight excluding hydrogens is 378 g/mol. The van der Waals surface area contributed by atoms with Gasteiger partial charge in [0.1, 0.15) is 16.9 Å². The first-order valence-corrected chi connectivity index (χ1v) is 8.89. The summed E-state index contributed by atoms with van der Waals surface area (Å²) in [7, 11) is 3.20. The maximum atomic E-state index is 12.5. The minimum atomic E-state index is -0.0673. The third-order valence-electron chi connectivity index (χ3n) is 3.65. The molecule has 1 saturated heterocycles. The summed E-state index contributed by atoms with van der Waals surface area (Å²) in [5.41, 5.74) is 1.83. The molecule has 0 saturated carbocycles. The number of halogens is 1. The number of ether oxygens (including phenoxy) is 2. The number of anilines is 1.